The minimum Gasteiger partial charge on any atom is -0.286 e. The molecule has 138 valence electrons. The number of benzene rings is 1. The summed E-state index contributed by atoms with van der Waals surface area (Å²) in [5.41, 5.74) is 1.04. The molecule has 0 amide bonds. The first-order chi connectivity index (χ1) is 11.0. The molecule has 0 atom stereocenters. The number of nitrogens with one attached hydrogen (secondary N) is 1. The largest absolute Gasteiger partial charge is 0.286 e. The van der Waals surface area contributed by atoms with Crippen LogP contribution in [0.4, 0.5) is 0 Å². The van der Waals surface area contributed by atoms with E-state index in [-0.39, 0.29) is 5.04 Å². The van der Waals surface area contributed by atoms with Gasteiger partial charge in [0, 0.05) is 6.54 Å². The molecule has 0 saturated heterocycles. The zero-order valence-electron chi connectivity index (χ0n) is 15.7. The number of hydrogen-bond donors (Lipinski definition) is 1. The van der Waals surface area contributed by atoms with Crippen LogP contribution in [0.25, 0.3) is 0 Å². The van der Waals surface area contributed by atoms with Gasteiger partial charge in [-0.3, -0.25) is 4.58 Å². The maximum absolute atomic E-state index is 12.1. The van der Waals surface area contributed by atoms with E-state index in [1.165, 1.54) is 0 Å². The molecule has 0 fully saturated rings. The van der Waals surface area contributed by atoms with Gasteiger partial charge in [0.2, 0.25) is 18.3 Å². The monoisotopic (exact) mass is 373 g/mol. The SMILES string of the molecule is Cc1ccc(S(=O)(=O)NCCCCOO[Si](C)(C)C(C)(C)C)cc1. The van der Waals surface area contributed by atoms with Gasteiger partial charge in [-0.1, -0.05) is 38.5 Å². The van der Waals surface area contributed by atoms with Crippen molar-refractivity contribution in [3.63, 3.8) is 0 Å². The summed E-state index contributed by atoms with van der Waals surface area (Å²) in [5, 5.41) is 0.108. The molecule has 0 bridgehead atoms. The molecule has 0 aliphatic heterocycles. The van der Waals surface area contributed by atoms with Gasteiger partial charge < -0.3 is 0 Å². The van der Waals surface area contributed by atoms with Crippen molar-refractivity contribution in [2.24, 2.45) is 0 Å². The number of aryl methyl sites for hydroxylation is 1. The van der Waals surface area contributed by atoms with Gasteiger partial charge in [0.05, 0.1) is 11.5 Å². The van der Waals surface area contributed by atoms with E-state index in [0.717, 1.165) is 12.0 Å². The fraction of sp³-hybridized carbons (Fsp3) is 0.647. The molecular formula is C17H31NO4SSi. The molecule has 0 unspecified atom stereocenters. The standard InChI is InChI=1S/C17H31NO4SSi/c1-15-9-11-16(12-10-15)23(19,20)18-13-7-8-14-21-22-24(5,6)17(2,3)4/h9-12,18H,7-8,13-14H2,1-6H3. The van der Waals surface area contributed by atoms with E-state index in [1.54, 1.807) is 24.3 Å². The van der Waals surface area contributed by atoms with E-state index in [2.05, 4.69) is 38.6 Å². The highest BCUT2D eigenvalue weighted by atomic mass is 32.2. The summed E-state index contributed by atoms with van der Waals surface area (Å²) in [6, 6.07) is 6.82. The van der Waals surface area contributed by atoms with Crippen LogP contribution >= 0.6 is 0 Å². The lowest BCUT2D eigenvalue weighted by Crippen LogP contribution is -2.40. The summed E-state index contributed by atoms with van der Waals surface area (Å²) in [6.45, 7) is 13.5. The fourth-order valence-corrected chi connectivity index (χ4v) is 3.31. The molecule has 0 saturated carbocycles. The summed E-state index contributed by atoms with van der Waals surface area (Å²) in [6.07, 6.45) is 1.44. The molecule has 1 N–H and O–H groups in total. The van der Waals surface area contributed by atoms with Crippen LogP contribution in [0.1, 0.15) is 39.2 Å². The Kier molecular flexibility index (Phi) is 7.62. The summed E-state index contributed by atoms with van der Waals surface area (Å²) in [7, 11) is -5.31. The Bertz CT molecular complexity index is 606. The maximum Gasteiger partial charge on any atom is 0.240 e. The lowest BCUT2D eigenvalue weighted by Gasteiger charge is -2.34. The third-order valence-corrected chi connectivity index (χ3v) is 9.98. The van der Waals surface area contributed by atoms with Crippen LogP contribution in [-0.2, 0) is 19.5 Å². The van der Waals surface area contributed by atoms with Crippen molar-refractivity contribution in [1.82, 2.24) is 4.72 Å². The van der Waals surface area contributed by atoms with E-state index in [1.807, 2.05) is 6.92 Å². The predicted molar refractivity (Wildman–Crippen MR) is 99.8 cm³/mol. The Morgan fingerprint density at radius 1 is 1.08 bits per heavy atom. The quantitative estimate of drug-likeness (QED) is 0.307. The Labute approximate surface area is 147 Å². The lowest BCUT2D eigenvalue weighted by atomic mass is 10.2. The fourth-order valence-electron chi connectivity index (χ4n) is 1.61. The summed E-state index contributed by atoms with van der Waals surface area (Å²) < 4.78 is 32.5. The van der Waals surface area contributed by atoms with Crippen LogP contribution in [0.3, 0.4) is 0 Å². The van der Waals surface area contributed by atoms with Gasteiger partial charge in [0.25, 0.3) is 0 Å². The number of sulfonamides is 1. The zero-order valence-corrected chi connectivity index (χ0v) is 17.5. The first-order valence-corrected chi connectivity index (χ1v) is 12.7. The highest BCUT2D eigenvalue weighted by molar-refractivity contribution is 7.89. The molecule has 0 spiro atoms. The van der Waals surface area contributed by atoms with Crippen molar-refractivity contribution in [2.75, 3.05) is 13.2 Å². The van der Waals surface area contributed by atoms with Gasteiger partial charge in [0.1, 0.15) is 0 Å². The van der Waals surface area contributed by atoms with Gasteiger partial charge in [0.15, 0.2) is 0 Å². The summed E-state index contributed by atoms with van der Waals surface area (Å²) >= 11 is 0. The molecule has 0 aliphatic rings. The smallest absolute Gasteiger partial charge is 0.240 e. The predicted octanol–water partition coefficient (Wildman–Crippen LogP) is 4.01. The van der Waals surface area contributed by atoms with Crippen LogP contribution in [0, 0.1) is 6.92 Å². The van der Waals surface area contributed by atoms with E-state index >= 15 is 0 Å². The molecule has 0 radical (unpaired) electrons. The molecule has 0 aliphatic carbocycles. The van der Waals surface area contributed by atoms with Gasteiger partial charge in [-0.05, 0) is 50.0 Å². The molecule has 1 rings (SSSR count). The van der Waals surface area contributed by atoms with Crippen molar-refractivity contribution in [1.29, 1.82) is 0 Å². The Balaban J connectivity index is 2.26. The maximum atomic E-state index is 12.1. The van der Waals surface area contributed by atoms with Gasteiger partial charge in [-0.25, -0.2) is 18.0 Å². The lowest BCUT2D eigenvalue weighted by molar-refractivity contribution is -0.221. The van der Waals surface area contributed by atoms with Gasteiger partial charge >= 0.3 is 0 Å². The first kappa shape index (κ1) is 21.3. The molecular weight excluding hydrogens is 342 g/mol. The van der Waals surface area contributed by atoms with E-state index < -0.39 is 18.3 Å². The molecule has 0 heterocycles. The minimum absolute atomic E-state index is 0.108. The number of rotatable bonds is 9. The molecule has 7 heteroatoms. The first-order valence-electron chi connectivity index (χ1n) is 8.33. The van der Waals surface area contributed by atoms with Crippen LogP contribution in [0.2, 0.25) is 18.1 Å². The molecule has 1 aromatic carbocycles. The highest BCUT2D eigenvalue weighted by Crippen LogP contribution is 2.36. The summed E-state index contributed by atoms with van der Waals surface area (Å²) in [4.78, 5) is 5.64. The second-order valence-corrected chi connectivity index (χ2v) is 14.0. The van der Waals surface area contributed by atoms with Gasteiger partial charge in [-0.2, -0.15) is 0 Å². The van der Waals surface area contributed by atoms with Crippen LogP contribution in [0.15, 0.2) is 29.2 Å². The second-order valence-electron chi connectivity index (χ2n) is 7.58. The van der Waals surface area contributed by atoms with Gasteiger partial charge in [-0.15, -0.1) is 0 Å². The molecule has 0 aromatic heterocycles. The third-order valence-electron chi connectivity index (χ3n) is 4.35. The van der Waals surface area contributed by atoms with Crippen molar-refractivity contribution in [2.45, 2.75) is 63.6 Å². The Morgan fingerprint density at radius 3 is 2.21 bits per heavy atom. The topological polar surface area (TPSA) is 64.6 Å². The highest BCUT2D eigenvalue weighted by Gasteiger charge is 2.38. The minimum atomic E-state index is -3.43. The Hall–Kier alpha value is -0.733. The normalized spacial score (nSPS) is 13.2. The number of unbranched alkanes of at least 4 members (excludes halogenated alkanes) is 1. The van der Waals surface area contributed by atoms with Crippen LogP contribution < -0.4 is 4.72 Å². The average Bonchev–Trinajstić information content (AvgIpc) is 2.45. The molecule has 24 heavy (non-hydrogen) atoms. The third kappa shape index (κ3) is 6.64. The Morgan fingerprint density at radius 2 is 1.67 bits per heavy atom. The van der Waals surface area contributed by atoms with E-state index in [0.29, 0.717) is 24.5 Å². The second kappa shape index (κ2) is 8.58. The van der Waals surface area contributed by atoms with E-state index in [9.17, 15) is 8.42 Å². The van der Waals surface area contributed by atoms with Crippen molar-refractivity contribution >= 4 is 18.3 Å². The van der Waals surface area contributed by atoms with Crippen molar-refractivity contribution in [3.05, 3.63) is 29.8 Å². The molecule has 1 aromatic rings. The molecule has 5 nitrogen and oxygen atoms in total. The van der Waals surface area contributed by atoms with Crippen LogP contribution in [-0.4, -0.2) is 29.9 Å². The summed E-state index contributed by atoms with van der Waals surface area (Å²) in [5.74, 6) is 0. The van der Waals surface area contributed by atoms with Crippen LogP contribution in [0.5, 0.6) is 0 Å². The van der Waals surface area contributed by atoms with Crippen molar-refractivity contribution in [3.8, 4) is 0 Å². The zero-order chi connectivity index (χ0) is 18.4. The van der Waals surface area contributed by atoms with Crippen molar-refractivity contribution < 1.29 is 17.9 Å². The van der Waals surface area contributed by atoms with E-state index in [4.69, 9.17) is 9.46 Å². The number of hydrogen-bond acceptors (Lipinski definition) is 4. The average molecular weight is 374 g/mol.